The van der Waals surface area contributed by atoms with Crippen LogP contribution in [-0.2, 0) is 4.74 Å². The monoisotopic (exact) mass is 367 g/mol. The SMILES string of the molecule is Nc1nc(C2CC2)ncc1C(=O)Nc1cccc(C(=O)N2CCOCC2)c1. The molecule has 0 spiro atoms. The summed E-state index contributed by atoms with van der Waals surface area (Å²) in [5.41, 5.74) is 7.19. The Morgan fingerprint density at radius 2 is 2.00 bits per heavy atom. The highest BCUT2D eigenvalue weighted by Gasteiger charge is 2.27. The van der Waals surface area contributed by atoms with Gasteiger partial charge in [-0.15, -0.1) is 0 Å². The third-order valence-electron chi connectivity index (χ3n) is 4.69. The van der Waals surface area contributed by atoms with Crippen LogP contribution in [0.15, 0.2) is 30.5 Å². The normalized spacial score (nSPS) is 16.8. The maximum absolute atomic E-state index is 12.6. The van der Waals surface area contributed by atoms with Gasteiger partial charge in [0.2, 0.25) is 0 Å². The molecule has 2 heterocycles. The van der Waals surface area contributed by atoms with Crippen molar-refractivity contribution in [3.05, 3.63) is 47.4 Å². The standard InChI is InChI=1S/C19H21N5O3/c20-16-15(11-21-17(23-16)12-4-5-12)18(25)22-14-3-1-2-13(10-14)19(26)24-6-8-27-9-7-24/h1-3,10-12H,4-9H2,(H,22,25)(H2,20,21,23). The number of nitrogens with one attached hydrogen (secondary N) is 1. The highest BCUT2D eigenvalue weighted by atomic mass is 16.5. The van der Waals surface area contributed by atoms with Crippen LogP contribution in [0.4, 0.5) is 11.5 Å². The second-order valence-corrected chi connectivity index (χ2v) is 6.74. The second-order valence-electron chi connectivity index (χ2n) is 6.74. The summed E-state index contributed by atoms with van der Waals surface area (Å²) in [7, 11) is 0. The molecular weight excluding hydrogens is 346 g/mol. The molecule has 1 saturated heterocycles. The van der Waals surface area contributed by atoms with Gasteiger partial charge in [0.25, 0.3) is 11.8 Å². The molecule has 0 bridgehead atoms. The van der Waals surface area contributed by atoms with Crippen molar-refractivity contribution in [1.82, 2.24) is 14.9 Å². The number of anilines is 2. The number of aromatic nitrogens is 2. The number of hydrogen-bond donors (Lipinski definition) is 2. The molecule has 27 heavy (non-hydrogen) atoms. The van der Waals surface area contributed by atoms with Crippen molar-refractivity contribution in [1.29, 1.82) is 0 Å². The molecule has 2 fully saturated rings. The summed E-state index contributed by atoms with van der Waals surface area (Å²) in [4.78, 5) is 35.3. The predicted molar refractivity (Wildman–Crippen MR) is 99.5 cm³/mol. The summed E-state index contributed by atoms with van der Waals surface area (Å²) in [5.74, 6) is 0.760. The topological polar surface area (TPSA) is 110 Å². The molecular formula is C19H21N5O3. The van der Waals surface area contributed by atoms with Gasteiger partial charge in [-0.2, -0.15) is 0 Å². The number of rotatable bonds is 4. The first-order valence-electron chi connectivity index (χ1n) is 9.02. The number of benzene rings is 1. The first-order valence-corrected chi connectivity index (χ1v) is 9.02. The van der Waals surface area contributed by atoms with Gasteiger partial charge < -0.3 is 20.7 Å². The van der Waals surface area contributed by atoms with Crippen LogP contribution in [0.1, 0.15) is 45.3 Å². The lowest BCUT2D eigenvalue weighted by Crippen LogP contribution is -2.40. The Kier molecular flexibility index (Phi) is 4.72. The van der Waals surface area contributed by atoms with E-state index >= 15 is 0 Å². The number of nitrogens with zero attached hydrogens (tertiary/aromatic N) is 3. The summed E-state index contributed by atoms with van der Waals surface area (Å²) in [6.45, 7) is 2.21. The highest BCUT2D eigenvalue weighted by Crippen LogP contribution is 2.38. The molecule has 0 atom stereocenters. The van der Waals surface area contributed by atoms with Crippen LogP contribution in [-0.4, -0.2) is 53.0 Å². The van der Waals surface area contributed by atoms with Crippen molar-refractivity contribution >= 4 is 23.3 Å². The molecule has 2 aromatic rings. The number of carbonyl (C=O) groups is 2. The maximum Gasteiger partial charge on any atom is 0.260 e. The van der Waals surface area contributed by atoms with Crippen LogP contribution >= 0.6 is 0 Å². The van der Waals surface area contributed by atoms with Gasteiger partial charge in [0, 0.05) is 36.5 Å². The van der Waals surface area contributed by atoms with E-state index in [9.17, 15) is 9.59 Å². The summed E-state index contributed by atoms with van der Waals surface area (Å²) >= 11 is 0. The number of ether oxygens (including phenoxy) is 1. The smallest absolute Gasteiger partial charge is 0.260 e. The van der Waals surface area contributed by atoms with E-state index in [1.807, 2.05) is 0 Å². The van der Waals surface area contributed by atoms with E-state index in [-0.39, 0.29) is 17.3 Å². The van der Waals surface area contributed by atoms with Crippen molar-refractivity contribution in [2.75, 3.05) is 37.4 Å². The summed E-state index contributed by atoms with van der Waals surface area (Å²) in [5, 5.41) is 2.77. The van der Waals surface area contributed by atoms with Crippen molar-refractivity contribution < 1.29 is 14.3 Å². The zero-order valence-corrected chi connectivity index (χ0v) is 14.9. The fraction of sp³-hybridized carbons (Fsp3) is 0.368. The first kappa shape index (κ1) is 17.4. The number of nitrogen functional groups attached to an aromatic ring is 1. The Bertz CT molecular complexity index is 875. The molecule has 4 rings (SSSR count). The number of nitrogens with two attached hydrogens (primary N) is 1. The average Bonchev–Trinajstić information content (AvgIpc) is 3.53. The lowest BCUT2D eigenvalue weighted by Gasteiger charge is -2.27. The van der Waals surface area contributed by atoms with Gasteiger partial charge in [-0.3, -0.25) is 9.59 Å². The lowest BCUT2D eigenvalue weighted by molar-refractivity contribution is 0.0303. The Labute approximate surface area is 156 Å². The fourth-order valence-electron chi connectivity index (χ4n) is 3.00. The Balaban J connectivity index is 1.47. The van der Waals surface area contributed by atoms with Crippen LogP contribution in [0.5, 0.6) is 0 Å². The number of morpholine rings is 1. The molecule has 1 aromatic carbocycles. The third-order valence-corrected chi connectivity index (χ3v) is 4.69. The van der Waals surface area contributed by atoms with E-state index in [0.717, 1.165) is 12.8 Å². The van der Waals surface area contributed by atoms with E-state index < -0.39 is 5.91 Å². The molecule has 140 valence electrons. The molecule has 2 aliphatic rings. The Hall–Kier alpha value is -3.00. The van der Waals surface area contributed by atoms with Gasteiger partial charge in [0.15, 0.2) is 0 Å². The molecule has 0 unspecified atom stereocenters. The highest BCUT2D eigenvalue weighted by molar-refractivity contribution is 6.07. The zero-order valence-electron chi connectivity index (χ0n) is 14.9. The van der Waals surface area contributed by atoms with Gasteiger partial charge in [-0.1, -0.05) is 6.07 Å². The zero-order chi connectivity index (χ0) is 18.8. The summed E-state index contributed by atoms with van der Waals surface area (Å²) < 4.78 is 5.27. The van der Waals surface area contributed by atoms with E-state index in [2.05, 4.69) is 15.3 Å². The minimum atomic E-state index is -0.397. The Morgan fingerprint density at radius 1 is 1.22 bits per heavy atom. The largest absolute Gasteiger partial charge is 0.383 e. The van der Waals surface area contributed by atoms with Crippen molar-refractivity contribution in [3.63, 3.8) is 0 Å². The average molecular weight is 367 g/mol. The van der Waals surface area contributed by atoms with E-state index in [1.54, 1.807) is 29.2 Å². The van der Waals surface area contributed by atoms with Crippen molar-refractivity contribution in [3.8, 4) is 0 Å². The van der Waals surface area contributed by atoms with Crippen LogP contribution in [0.25, 0.3) is 0 Å². The third kappa shape index (κ3) is 3.90. The molecule has 1 aliphatic carbocycles. The number of amides is 2. The summed E-state index contributed by atoms with van der Waals surface area (Å²) in [6, 6.07) is 6.85. The van der Waals surface area contributed by atoms with Crippen LogP contribution in [0.2, 0.25) is 0 Å². The van der Waals surface area contributed by atoms with Gasteiger partial charge in [0.1, 0.15) is 17.2 Å². The Morgan fingerprint density at radius 3 is 2.70 bits per heavy atom. The van der Waals surface area contributed by atoms with E-state index in [0.29, 0.717) is 49.3 Å². The van der Waals surface area contributed by atoms with Crippen molar-refractivity contribution in [2.45, 2.75) is 18.8 Å². The first-order chi connectivity index (χ1) is 13.1. The molecule has 3 N–H and O–H groups in total. The van der Waals surface area contributed by atoms with Crippen molar-refractivity contribution in [2.24, 2.45) is 0 Å². The van der Waals surface area contributed by atoms with Crippen LogP contribution < -0.4 is 11.1 Å². The maximum atomic E-state index is 12.6. The minimum Gasteiger partial charge on any atom is -0.383 e. The number of hydrogen-bond acceptors (Lipinski definition) is 6. The molecule has 8 heteroatoms. The quantitative estimate of drug-likeness (QED) is 0.850. The molecule has 1 aromatic heterocycles. The lowest BCUT2D eigenvalue weighted by atomic mass is 10.1. The molecule has 1 aliphatic heterocycles. The fourth-order valence-corrected chi connectivity index (χ4v) is 3.00. The van der Waals surface area contributed by atoms with Crippen LogP contribution in [0.3, 0.4) is 0 Å². The molecule has 2 amide bonds. The second kappa shape index (κ2) is 7.32. The molecule has 8 nitrogen and oxygen atoms in total. The summed E-state index contributed by atoms with van der Waals surface area (Å²) in [6.07, 6.45) is 3.60. The van der Waals surface area contributed by atoms with E-state index in [1.165, 1.54) is 6.20 Å². The minimum absolute atomic E-state index is 0.0777. The van der Waals surface area contributed by atoms with E-state index in [4.69, 9.17) is 10.5 Å². The van der Waals surface area contributed by atoms with Gasteiger partial charge in [-0.25, -0.2) is 9.97 Å². The van der Waals surface area contributed by atoms with Gasteiger partial charge >= 0.3 is 0 Å². The van der Waals surface area contributed by atoms with Gasteiger partial charge in [0.05, 0.1) is 13.2 Å². The molecule has 0 radical (unpaired) electrons. The molecule has 1 saturated carbocycles. The van der Waals surface area contributed by atoms with Gasteiger partial charge in [-0.05, 0) is 31.0 Å². The number of carbonyl (C=O) groups excluding carboxylic acids is 2. The van der Waals surface area contributed by atoms with Crippen LogP contribution in [0, 0.1) is 0 Å². The predicted octanol–water partition coefficient (Wildman–Crippen LogP) is 1.66.